The molecule has 4 nitrogen and oxygen atoms in total. The molecule has 0 amide bonds. The molecule has 0 aliphatic carbocycles. The lowest BCUT2D eigenvalue weighted by Gasteiger charge is -2.23. The van der Waals surface area contributed by atoms with Gasteiger partial charge in [-0.25, -0.2) is 0 Å². The Hall–Kier alpha value is -2.01. The molecular weight excluding hydrogens is 342 g/mol. The highest BCUT2D eigenvalue weighted by Gasteiger charge is 2.22. The number of rotatable bonds is 4. The molecule has 2 aromatic carbocycles. The molecule has 0 aliphatic rings. The van der Waals surface area contributed by atoms with Crippen LogP contribution in [0.15, 0.2) is 35.2 Å². The highest BCUT2D eigenvalue weighted by Crippen LogP contribution is 2.37. The fourth-order valence-electron chi connectivity index (χ4n) is 2.95. The van der Waals surface area contributed by atoms with Crippen LogP contribution in [0.3, 0.4) is 0 Å². The number of phenols is 1. The molecule has 1 aromatic heterocycles. The van der Waals surface area contributed by atoms with E-state index in [-0.39, 0.29) is 17.1 Å². The van der Waals surface area contributed by atoms with Gasteiger partial charge in [-0.15, -0.1) is 26.8 Å². The summed E-state index contributed by atoms with van der Waals surface area (Å²) in [5.41, 5.74) is 4.42. The molecule has 0 bridgehead atoms. The van der Waals surface area contributed by atoms with E-state index in [0.717, 1.165) is 27.9 Å². The largest absolute Gasteiger partial charge is 0.505 e. The van der Waals surface area contributed by atoms with Crippen molar-refractivity contribution < 1.29 is 5.11 Å². The smallest absolute Gasteiger partial charge is 0.146 e. The minimum atomic E-state index is -0.0245. The topological polar surface area (TPSA) is 50.9 Å². The van der Waals surface area contributed by atoms with Crippen LogP contribution in [-0.2, 0) is 5.41 Å². The fourth-order valence-corrected chi connectivity index (χ4v) is 3.38. The van der Waals surface area contributed by atoms with Crippen molar-refractivity contribution in [3.05, 3.63) is 41.5 Å². The first kappa shape index (κ1) is 18.8. The quantitative estimate of drug-likeness (QED) is 0.603. The van der Waals surface area contributed by atoms with Crippen LogP contribution in [0.4, 0.5) is 0 Å². The van der Waals surface area contributed by atoms with E-state index in [1.54, 1.807) is 16.6 Å². The molecule has 26 heavy (non-hydrogen) atoms. The van der Waals surface area contributed by atoms with Gasteiger partial charge in [-0.05, 0) is 59.4 Å². The fraction of sp³-hybridized carbons (Fsp3) is 0.429. The molecule has 0 aliphatic heterocycles. The number of nitrogens with zero attached hydrogens (tertiary/aromatic N) is 3. The molecule has 3 aromatic rings. The van der Waals surface area contributed by atoms with Gasteiger partial charge in [-0.3, -0.25) is 0 Å². The molecule has 5 heteroatoms. The number of phenolic OH excluding ortho intramolecular Hbond substituents is 1. The van der Waals surface area contributed by atoms with Crippen LogP contribution < -0.4 is 0 Å². The summed E-state index contributed by atoms with van der Waals surface area (Å²) in [6.07, 6.45) is 3.01. The van der Waals surface area contributed by atoms with Gasteiger partial charge in [0.1, 0.15) is 22.5 Å². The summed E-state index contributed by atoms with van der Waals surface area (Å²) in [6.45, 7) is 10.8. The van der Waals surface area contributed by atoms with Crippen LogP contribution in [0.25, 0.3) is 16.7 Å². The second kappa shape index (κ2) is 6.95. The maximum Gasteiger partial charge on any atom is 0.146 e. The Labute approximate surface area is 159 Å². The lowest BCUT2D eigenvalue weighted by Crippen LogP contribution is -2.14. The predicted octanol–water partition coefficient (Wildman–Crippen LogP) is 5.66. The first-order chi connectivity index (χ1) is 12.2. The van der Waals surface area contributed by atoms with Crippen molar-refractivity contribution in [3.63, 3.8) is 0 Å². The van der Waals surface area contributed by atoms with Crippen molar-refractivity contribution in [1.29, 1.82) is 0 Å². The normalized spacial score (nSPS) is 13.3. The van der Waals surface area contributed by atoms with Crippen LogP contribution in [0.1, 0.15) is 58.1 Å². The third-order valence-corrected chi connectivity index (χ3v) is 5.66. The van der Waals surface area contributed by atoms with E-state index in [4.69, 9.17) is 0 Å². The SMILES string of the molecule is CCC(C)c1cc(C(C)(C)C)cc(-n2nc3ccc(SC)cc3n2)c1O. The zero-order valence-electron chi connectivity index (χ0n) is 16.4. The van der Waals surface area contributed by atoms with E-state index < -0.39 is 0 Å². The van der Waals surface area contributed by atoms with E-state index in [1.807, 2.05) is 30.5 Å². The van der Waals surface area contributed by atoms with Crippen molar-refractivity contribution in [2.24, 2.45) is 0 Å². The van der Waals surface area contributed by atoms with Gasteiger partial charge in [0, 0.05) is 4.90 Å². The molecule has 3 rings (SSSR count). The standard InChI is InChI=1S/C21H27N3OS/c1-7-13(2)16-10-14(21(3,4)5)11-19(20(16)25)24-22-17-9-8-15(26-6)12-18(17)23-24/h8-13,25H,7H2,1-6H3. The lowest BCUT2D eigenvalue weighted by molar-refractivity contribution is 0.452. The third-order valence-electron chi connectivity index (χ3n) is 4.93. The third kappa shape index (κ3) is 3.45. The molecular formula is C21H27N3OS. The van der Waals surface area contributed by atoms with E-state index >= 15 is 0 Å². The first-order valence-corrected chi connectivity index (χ1v) is 10.3. The Morgan fingerprint density at radius 3 is 2.42 bits per heavy atom. The maximum absolute atomic E-state index is 11.0. The van der Waals surface area contributed by atoms with Crippen molar-refractivity contribution >= 4 is 22.8 Å². The first-order valence-electron chi connectivity index (χ1n) is 9.03. The van der Waals surface area contributed by atoms with Crippen LogP contribution in [0.2, 0.25) is 0 Å². The number of benzene rings is 2. The van der Waals surface area contributed by atoms with Gasteiger partial charge in [0.05, 0.1) is 0 Å². The molecule has 0 radical (unpaired) electrons. The predicted molar refractivity (Wildman–Crippen MR) is 110 cm³/mol. The monoisotopic (exact) mass is 369 g/mol. The maximum atomic E-state index is 11.0. The average molecular weight is 370 g/mol. The molecule has 1 N–H and O–H groups in total. The van der Waals surface area contributed by atoms with Gasteiger partial charge in [0.2, 0.25) is 0 Å². The zero-order chi connectivity index (χ0) is 19.1. The van der Waals surface area contributed by atoms with Crippen LogP contribution in [0.5, 0.6) is 5.75 Å². The second-order valence-electron chi connectivity index (χ2n) is 7.84. The van der Waals surface area contributed by atoms with E-state index in [9.17, 15) is 5.11 Å². The number of aromatic nitrogens is 3. The van der Waals surface area contributed by atoms with Crippen LogP contribution in [-0.4, -0.2) is 26.4 Å². The molecule has 0 saturated heterocycles. The molecule has 0 fully saturated rings. The lowest BCUT2D eigenvalue weighted by atomic mass is 9.83. The Morgan fingerprint density at radius 2 is 1.81 bits per heavy atom. The van der Waals surface area contributed by atoms with Crippen LogP contribution >= 0.6 is 11.8 Å². The zero-order valence-corrected chi connectivity index (χ0v) is 17.2. The summed E-state index contributed by atoms with van der Waals surface area (Å²) in [5.74, 6) is 0.543. The second-order valence-corrected chi connectivity index (χ2v) is 8.72. The van der Waals surface area contributed by atoms with Gasteiger partial charge in [-0.1, -0.05) is 40.7 Å². The number of aromatic hydroxyl groups is 1. The average Bonchev–Trinajstić information content (AvgIpc) is 3.02. The number of fused-ring (bicyclic) bond motifs is 1. The summed E-state index contributed by atoms with van der Waals surface area (Å²) in [6, 6.07) is 10.2. The van der Waals surface area contributed by atoms with Gasteiger partial charge < -0.3 is 5.11 Å². The Kier molecular flexibility index (Phi) is 5.02. The van der Waals surface area contributed by atoms with Crippen molar-refractivity contribution in [3.8, 4) is 11.4 Å². The van der Waals surface area contributed by atoms with Crippen molar-refractivity contribution in [1.82, 2.24) is 15.0 Å². The Morgan fingerprint density at radius 1 is 1.12 bits per heavy atom. The highest BCUT2D eigenvalue weighted by atomic mass is 32.2. The van der Waals surface area contributed by atoms with Gasteiger partial charge in [0.15, 0.2) is 0 Å². The van der Waals surface area contributed by atoms with Gasteiger partial charge in [0.25, 0.3) is 0 Å². The molecule has 1 atom stereocenters. The molecule has 0 saturated carbocycles. The van der Waals surface area contributed by atoms with Crippen molar-refractivity contribution in [2.45, 2.75) is 57.3 Å². The van der Waals surface area contributed by atoms with Crippen LogP contribution in [0, 0.1) is 0 Å². The highest BCUT2D eigenvalue weighted by molar-refractivity contribution is 7.98. The molecule has 1 heterocycles. The molecule has 138 valence electrons. The molecule has 1 unspecified atom stereocenters. The molecule has 0 spiro atoms. The number of hydrogen-bond acceptors (Lipinski definition) is 4. The van der Waals surface area contributed by atoms with E-state index in [0.29, 0.717) is 5.69 Å². The summed E-state index contributed by atoms with van der Waals surface area (Å²) in [7, 11) is 0. The Balaban J connectivity index is 2.23. The number of thioether (sulfide) groups is 1. The minimum absolute atomic E-state index is 0.0245. The summed E-state index contributed by atoms with van der Waals surface area (Å²) >= 11 is 1.68. The minimum Gasteiger partial charge on any atom is -0.505 e. The van der Waals surface area contributed by atoms with E-state index in [2.05, 4.69) is 50.9 Å². The Bertz CT molecular complexity index is 940. The van der Waals surface area contributed by atoms with E-state index in [1.165, 1.54) is 5.56 Å². The van der Waals surface area contributed by atoms with Crippen molar-refractivity contribution in [2.75, 3.05) is 6.26 Å². The van der Waals surface area contributed by atoms with Gasteiger partial charge >= 0.3 is 0 Å². The summed E-state index contributed by atoms with van der Waals surface area (Å²) in [5, 5.41) is 20.2. The number of hydrogen-bond donors (Lipinski definition) is 1. The van der Waals surface area contributed by atoms with Gasteiger partial charge in [-0.2, -0.15) is 0 Å². The summed E-state index contributed by atoms with van der Waals surface area (Å²) < 4.78 is 0. The summed E-state index contributed by atoms with van der Waals surface area (Å²) in [4.78, 5) is 2.73.